The van der Waals surface area contributed by atoms with Gasteiger partial charge in [-0.15, -0.1) is 0 Å². The van der Waals surface area contributed by atoms with Crippen LogP contribution in [0.4, 0.5) is 0 Å². The van der Waals surface area contributed by atoms with E-state index in [0.29, 0.717) is 19.0 Å². The van der Waals surface area contributed by atoms with Gasteiger partial charge in [0.1, 0.15) is 0 Å². The summed E-state index contributed by atoms with van der Waals surface area (Å²) in [7, 11) is -3.59. The minimum Gasteiger partial charge on any atom is -0.216 e. The van der Waals surface area contributed by atoms with Gasteiger partial charge in [-0.05, 0) is 35.4 Å². The van der Waals surface area contributed by atoms with E-state index >= 15 is 0 Å². The molecule has 1 aliphatic heterocycles. The Kier molecular flexibility index (Phi) is 3.75. The van der Waals surface area contributed by atoms with Gasteiger partial charge >= 0.3 is 0 Å². The van der Waals surface area contributed by atoms with E-state index in [9.17, 15) is 8.42 Å². The minimum absolute atomic E-state index is 0.398. The predicted octanol–water partition coefficient (Wildman–Crippen LogP) is 1.76. The summed E-state index contributed by atoms with van der Waals surface area (Å²) >= 11 is 0. The second kappa shape index (κ2) is 4.99. The second-order valence-electron chi connectivity index (χ2n) is 5.16. The zero-order chi connectivity index (χ0) is 13.3. The number of rotatable bonds is 2. The summed E-state index contributed by atoms with van der Waals surface area (Å²) in [5.74, 6) is 0.446. The topological polar surface area (TPSA) is 63.4 Å². The first-order valence-electron chi connectivity index (χ1n) is 6.27. The molecule has 100 valence electrons. The van der Waals surface area contributed by atoms with Crippen molar-refractivity contribution in [3.8, 4) is 0 Å². The summed E-state index contributed by atoms with van der Waals surface area (Å²) < 4.78 is 24.3. The Labute approximate surface area is 109 Å². The van der Waals surface area contributed by atoms with E-state index in [-0.39, 0.29) is 0 Å². The number of nitrogens with two attached hydrogens (primary N) is 1. The molecule has 0 amide bonds. The third-order valence-electron chi connectivity index (χ3n) is 3.46. The zero-order valence-electron chi connectivity index (χ0n) is 10.9. The van der Waals surface area contributed by atoms with E-state index in [1.165, 1.54) is 15.4 Å². The SMILES string of the molecule is CC(C)c1ccc2c(c1)CN(S(N)(=O)=O)CCC2. The zero-order valence-corrected chi connectivity index (χ0v) is 11.7. The number of fused-ring (bicyclic) bond motifs is 1. The van der Waals surface area contributed by atoms with Gasteiger partial charge in [-0.3, -0.25) is 0 Å². The number of benzene rings is 1. The Hall–Kier alpha value is -0.910. The van der Waals surface area contributed by atoms with Gasteiger partial charge in [0, 0.05) is 13.1 Å². The lowest BCUT2D eigenvalue weighted by molar-refractivity contribution is 0.411. The number of hydrogen-bond donors (Lipinski definition) is 1. The molecule has 0 aromatic heterocycles. The van der Waals surface area contributed by atoms with Gasteiger partial charge in [0.15, 0.2) is 0 Å². The summed E-state index contributed by atoms with van der Waals surface area (Å²) in [5, 5.41) is 5.23. The maximum atomic E-state index is 11.5. The van der Waals surface area contributed by atoms with Crippen molar-refractivity contribution in [1.29, 1.82) is 0 Å². The van der Waals surface area contributed by atoms with E-state index < -0.39 is 10.2 Å². The molecular weight excluding hydrogens is 248 g/mol. The van der Waals surface area contributed by atoms with E-state index in [0.717, 1.165) is 18.4 Å². The van der Waals surface area contributed by atoms with E-state index in [1.54, 1.807) is 0 Å². The van der Waals surface area contributed by atoms with Crippen LogP contribution in [0.1, 0.15) is 42.9 Å². The molecule has 4 nitrogen and oxygen atoms in total. The largest absolute Gasteiger partial charge is 0.277 e. The van der Waals surface area contributed by atoms with Crippen molar-refractivity contribution in [2.75, 3.05) is 6.54 Å². The lowest BCUT2D eigenvalue weighted by Gasteiger charge is -2.18. The third-order valence-corrected chi connectivity index (χ3v) is 4.49. The van der Waals surface area contributed by atoms with Gasteiger partial charge < -0.3 is 0 Å². The Morgan fingerprint density at radius 3 is 2.61 bits per heavy atom. The van der Waals surface area contributed by atoms with Crippen molar-refractivity contribution in [3.63, 3.8) is 0 Å². The smallest absolute Gasteiger partial charge is 0.216 e. The molecule has 0 fully saturated rings. The standard InChI is InChI=1S/C13H20N2O2S/c1-10(2)12-6-5-11-4-3-7-15(18(14,16)17)9-13(11)8-12/h5-6,8,10H,3-4,7,9H2,1-2H3,(H2,14,16,17). The molecule has 5 heteroatoms. The fourth-order valence-corrected chi connectivity index (χ4v) is 3.03. The van der Waals surface area contributed by atoms with Crippen molar-refractivity contribution in [3.05, 3.63) is 34.9 Å². The van der Waals surface area contributed by atoms with E-state index in [2.05, 4.69) is 32.0 Å². The van der Waals surface area contributed by atoms with Crippen LogP contribution in [-0.4, -0.2) is 19.3 Å². The molecule has 0 radical (unpaired) electrons. The van der Waals surface area contributed by atoms with Crippen LogP contribution in [0.2, 0.25) is 0 Å². The van der Waals surface area contributed by atoms with Gasteiger partial charge in [-0.2, -0.15) is 12.7 Å². The van der Waals surface area contributed by atoms with Crippen LogP contribution in [0.3, 0.4) is 0 Å². The summed E-state index contributed by atoms with van der Waals surface area (Å²) in [6, 6.07) is 6.37. The molecular formula is C13H20N2O2S. The normalized spacial score (nSPS) is 17.6. The van der Waals surface area contributed by atoms with Gasteiger partial charge in [0.25, 0.3) is 10.2 Å². The Morgan fingerprint density at radius 1 is 1.28 bits per heavy atom. The molecule has 1 aliphatic rings. The second-order valence-corrected chi connectivity index (χ2v) is 6.71. The summed E-state index contributed by atoms with van der Waals surface area (Å²) in [6.45, 7) is 5.17. The van der Waals surface area contributed by atoms with Crippen LogP contribution in [0, 0.1) is 0 Å². The number of nitrogens with zero attached hydrogens (tertiary/aromatic N) is 1. The van der Waals surface area contributed by atoms with Crippen LogP contribution in [0.15, 0.2) is 18.2 Å². The molecule has 1 heterocycles. The van der Waals surface area contributed by atoms with Crippen LogP contribution in [0.5, 0.6) is 0 Å². The van der Waals surface area contributed by atoms with Crippen LogP contribution < -0.4 is 5.14 Å². The van der Waals surface area contributed by atoms with Gasteiger partial charge in [-0.1, -0.05) is 32.0 Å². The Balaban J connectivity index is 2.37. The Morgan fingerprint density at radius 2 is 2.00 bits per heavy atom. The van der Waals surface area contributed by atoms with Crippen molar-refractivity contribution in [2.24, 2.45) is 5.14 Å². The Bertz CT molecular complexity index is 538. The van der Waals surface area contributed by atoms with E-state index in [4.69, 9.17) is 5.14 Å². The highest BCUT2D eigenvalue weighted by atomic mass is 32.2. The van der Waals surface area contributed by atoms with Crippen LogP contribution >= 0.6 is 0 Å². The summed E-state index contributed by atoms with van der Waals surface area (Å²) in [4.78, 5) is 0. The highest BCUT2D eigenvalue weighted by Gasteiger charge is 2.22. The van der Waals surface area contributed by atoms with Crippen LogP contribution in [-0.2, 0) is 23.2 Å². The van der Waals surface area contributed by atoms with Gasteiger partial charge in [0.05, 0.1) is 0 Å². The highest BCUT2D eigenvalue weighted by molar-refractivity contribution is 7.86. The van der Waals surface area contributed by atoms with Crippen molar-refractivity contribution < 1.29 is 8.42 Å². The molecule has 0 saturated carbocycles. The third kappa shape index (κ3) is 2.91. The lowest BCUT2D eigenvalue weighted by atomic mass is 9.96. The molecule has 2 N–H and O–H groups in total. The fraction of sp³-hybridized carbons (Fsp3) is 0.538. The predicted molar refractivity (Wildman–Crippen MR) is 72.4 cm³/mol. The molecule has 0 unspecified atom stereocenters. The molecule has 0 aliphatic carbocycles. The lowest BCUT2D eigenvalue weighted by Crippen LogP contribution is -2.36. The molecule has 0 spiro atoms. The molecule has 2 rings (SSSR count). The first-order valence-corrected chi connectivity index (χ1v) is 7.78. The van der Waals surface area contributed by atoms with Crippen molar-refractivity contribution in [1.82, 2.24) is 4.31 Å². The fourth-order valence-electron chi connectivity index (χ4n) is 2.33. The van der Waals surface area contributed by atoms with E-state index in [1.807, 2.05) is 0 Å². The van der Waals surface area contributed by atoms with Crippen molar-refractivity contribution >= 4 is 10.2 Å². The van der Waals surface area contributed by atoms with Gasteiger partial charge in [-0.25, -0.2) is 5.14 Å². The van der Waals surface area contributed by atoms with Crippen LogP contribution in [0.25, 0.3) is 0 Å². The molecule has 18 heavy (non-hydrogen) atoms. The first kappa shape index (κ1) is 13.5. The minimum atomic E-state index is -3.59. The highest BCUT2D eigenvalue weighted by Crippen LogP contribution is 2.24. The molecule has 1 aromatic rings. The molecule has 0 bridgehead atoms. The van der Waals surface area contributed by atoms with Gasteiger partial charge in [0.2, 0.25) is 0 Å². The average Bonchev–Trinajstić information content (AvgIpc) is 2.48. The summed E-state index contributed by atoms with van der Waals surface area (Å²) in [5.41, 5.74) is 3.57. The summed E-state index contributed by atoms with van der Waals surface area (Å²) in [6.07, 6.45) is 1.74. The van der Waals surface area contributed by atoms with Crippen molar-refractivity contribution in [2.45, 2.75) is 39.2 Å². The monoisotopic (exact) mass is 268 g/mol. The molecule has 0 atom stereocenters. The number of aryl methyl sites for hydroxylation is 1. The number of hydrogen-bond acceptors (Lipinski definition) is 2. The first-order chi connectivity index (χ1) is 8.38. The average molecular weight is 268 g/mol. The quantitative estimate of drug-likeness (QED) is 0.888. The maximum absolute atomic E-state index is 11.5. The maximum Gasteiger partial charge on any atom is 0.277 e. The molecule has 1 aromatic carbocycles. The molecule has 0 saturated heterocycles.